The number of carboxylic acids is 1. The highest BCUT2D eigenvalue weighted by Crippen LogP contribution is 2.44. The van der Waals surface area contributed by atoms with Gasteiger partial charge in [0, 0.05) is 25.9 Å². The number of carboxylic acid groups (broad SMARTS) is 1. The zero-order valence-electron chi connectivity index (χ0n) is 24.9. The predicted molar refractivity (Wildman–Crippen MR) is 166 cm³/mol. The molecule has 0 radical (unpaired) electrons. The van der Waals surface area contributed by atoms with Crippen LogP contribution < -0.4 is 0 Å². The van der Waals surface area contributed by atoms with Crippen molar-refractivity contribution in [2.75, 3.05) is 6.54 Å². The van der Waals surface area contributed by atoms with Crippen LogP contribution in [0.15, 0.2) is 71.2 Å². The van der Waals surface area contributed by atoms with Gasteiger partial charge < -0.3 is 14.6 Å². The fourth-order valence-corrected chi connectivity index (χ4v) is 7.59. The van der Waals surface area contributed by atoms with E-state index in [4.69, 9.17) is 9.98 Å². The van der Waals surface area contributed by atoms with E-state index in [0.29, 0.717) is 29.4 Å². The summed E-state index contributed by atoms with van der Waals surface area (Å²) in [6.07, 6.45) is 8.73. The first-order valence-corrected chi connectivity index (χ1v) is 15.3. The zero-order chi connectivity index (χ0) is 28.8. The average molecular weight is 551 g/mol. The number of rotatable bonds is 7. The minimum atomic E-state index is -0.837. The highest BCUT2D eigenvalue weighted by Gasteiger charge is 2.46. The standard InChI is InChI=1S/C35H42N4O2/c1-6-11-31-37-32-22(3)19-28(34-36-29-14-9-10-15-30(29)38(34)5)23(4)33(32)39(31)20-25-17-16-24(18-21(25)2)26-12-7-8-13-27(26)35(40)41/h7-10,12-15,17,19,21-24,32-33H,6,11,16,18,20H2,1-5H3,(H,40,41). The summed E-state index contributed by atoms with van der Waals surface area (Å²) in [4.78, 5) is 25.0. The highest BCUT2D eigenvalue weighted by atomic mass is 16.4. The van der Waals surface area contributed by atoms with Gasteiger partial charge in [-0.15, -0.1) is 0 Å². The number of aliphatic imine (C=N–C) groups is 1. The quantitative estimate of drug-likeness (QED) is 0.313. The molecule has 0 bridgehead atoms. The number of hydrogen-bond acceptors (Lipinski definition) is 4. The Kier molecular flexibility index (Phi) is 7.35. The van der Waals surface area contributed by atoms with Crippen LogP contribution in [-0.4, -0.2) is 50.0 Å². The van der Waals surface area contributed by atoms with Crippen molar-refractivity contribution in [3.05, 3.63) is 83.2 Å². The average Bonchev–Trinajstić information content (AvgIpc) is 3.50. The summed E-state index contributed by atoms with van der Waals surface area (Å²) in [5, 5.41) is 9.76. The van der Waals surface area contributed by atoms with Crippen molar-refractivity contribution < 1.29 is 9.90 Å². The van der Waals surface area contributed by atoms with E-state index >= 15 is 0 Å². The van der Waals surface area contributed by atoms with Crippen LogP contribution in [0, 0.1) is 17.8 Å². The third kappa shape index (κ3) is 4.81. The molecule has 1 aliphatic heterocycles. The van der Waals surface area contributed by atoms with E-state index in [1.165, 1.54) is 17.0 Å². The molecular formula is C35H42N4O2. The molecule has 6 rings (SSSR count). The molecule has 41 heavy (non-hydrogen) atoms. The Labute approximate surface area is 243 Å². The van der Waals surface area contributed by atoms with Crippen molar-refractivity contribution >= 4 is 28.4 Å². The summed E-state index contributed by atoms with van der Waals surface area (Å²) in [5.41, 5.74) is 6.39. The third-order valence-corrected chi connectivity index (χ3v) is 9.76. The van der Waals surface area contributed by atoms with Crippen molar-refractivity contribution in [2.45, 2.75) is 71.4 Å². The number of aromatic nitrogens is 2. The van der Waals surface area contributed by atoms with E-state index in [9.17, 15) is 9.90 Å². The monoisotopic (exact) mass is 550 g/mol. The molecular weight excluding hydrogens is 508 g/mol. The van der Waals surface area contributed by atoms with Crippen LogP contribution in [0.4, 0.5) is 0 Å². The van der Waals surface area contributed by atoms with Gasteiger partial charge in [0.25, 0.3) is 0 Å². The predicted octanol–water partition coefficient (Wildman–Crippen LogP) is 7.33. The molecule has 1 aromatic heterocycles. The number of aryl methyl sites for hydroxylation is 1. The lowest BCUT2D eigenvalue weighted by molar-refractivity contribution is 0.0695. The maximum atomic E-state index is 11.9. The number of hydrogen-bond donors (Lipinski definition) is 1. The molecule has 0 saturated carbocycles. The highest BCUT2D eigenvalue weighted by molar-refractivity contribution is 5.89. The zero-order valence-corrected chi connectivity index (χ0v) is 24.9. The number of allylic oxidation sites excluding steroid dienone is 1. The number of amidine groups is 1. The molecule has 6 nitrogen and oxygen atoms in total. The first-order chi connectivity index (χ1) is 19.8. The van der Waals surface area contributed by atoms with Crippen LogP contribution in [0.2, 0.25) is 0 Å². The summed E-state index contributed by atoms with van der Waals surface area (Å²) in [6, 6.07) is 16.5. The number of fused-ring (bicyclic) bond motifs is 2. The summed E-state index contributed by atoms with van der Waals surface area (Å²) >= 11 is 0. The van der Waals surface area contributed by atoms with Gasteiger partial charge in [0.1, 0.15) is 5.82 Å². The molecule has 1 N–H and O–H groups in total. The maximum absolute atomic E-state index is 11.9. The third-order valence-electron chi connectivity index (χ3n) is 9.76. The van der Waals surface area contributed by atoms with Crippen molar-refractivity contribution in [3.8, 4) is 0 Å². The molecule has 0 fully saturated rings. The van der Waals surface area contributed by atoms with Crippen molar-refractivity contribution in [2.24, 2.45) is 29.8 Å². The lowest BCUT2D eigenvalue weighted by Crippen LogP contribution is -2.49. The molecule has 6 heteroatoms. The van der Waals surface area contributed by atoms with Gasteiger partial charge in [-0.05, 0) is 66.4 Å². The number of benzene rings is 2. The van der Waals surface area contributed by atoms with E-state index < -0.39 is 5.97 Å². The molecule has 2 aromatic carbocycles. The fraction of sp³-hybridized carbons (Fsp3) is 0.457. The van der Waals surface area contributed by atoms with Gasteiger partial charge in [-0.1, -0.05) is 75.8 Å². The second-order valence-electron chi connectivity index (χ2n) is 12.4. The molecule has 214 valence electrons. The second-order valence-corrected chi connectivity index (χ2v) is 12.4. The van der Waals surface area contributed by atoms with E-state index in [1.807, 2.05) is 18.2 Å². The summed E-state index contributed by atoms with van der Waals surface area (Å²) < 4.78 is 2.25. The van der Waals surface area contributed by atoms with Gasteiger partial charge in [-0.25, -0.2) is 9.78 Å². The molecule has 6 unspecified atom stereocenters. The Morgan fingerprint density at radius 3 is 2.56 bits per heavy atom. The van der Waals surface area contributed by atoms with Crippen LogP contribution in [0.25, 0.3) is 16.6 Å². The molecule has 0 saturated heterocycles. The molecule has 0 amide bonds. The first-order valence-electron chi connectivity index (χ1n) is 15.3. The molecule has 6 atom stereocenters. The van der Waals surface area contributed by atoms with Gasteiger partial charge >= 0.3 is 5.97 Å². The van der Waals surface area contributed by atoms with Gasteiger partial charge in [0.2, 0.25) is 0 Å². The van der Waals surface area contributed by atoms with Crippen molar-refractivity contribution in [1.82, 2.24) is 14.5 Å². The van der Waals surface area contributed by atoms with Crippen molar-refractivity contribution in [3.63, 3.8) is 0 Å². The SMILES string of the molecule is CCCC1=NC2C(C)C=C(c3nc4ccccc4n3C)C(C)C2N1CC1=CCC(c2ccccc2C(=O)O)CC1C. The second kappa shape index (κ2) is 11.0. The van der Waals surface area contributed by atoms with Crippen LogP contribution >= 0.6 is 0 Å². The lowest BCUT2D eigenvalue weighted by Gasteiger charge is -2.42. The molecule has 2 heterocycles. The van der Waals surface area contributed by atoms with Crippen LogP contribution in [0.5, 0.6) is 0 Å². The Morgan fingerprint density at radius 1 is 1.07 bits per heavy atom. The fourth-order valence-electron chi connectivity index (χ4n) is 7.59. The Bertz CT molecular complexity index is 1560. The Morgan fingerprint density at radius 2 is 1.83 bits per heavy atom. The van der Waals surface area contributed by atoms with Crippen molar-refractivity contribution in [1.29, 1.82) is 0 Å². The smallest absolute Gasteiger partial charge is 0.335 e. The van der Waals surface area contributed by atoms with Gasteiger partial charge in [0.05, 0.1) is 34.5 Å². The van der Waals surface area contributed by atoms with Crippen LogP contribution in [-0.2, 0) is 7.05 Å². The molecule has 2 aliphatic carbocycles. The summed E-state index contributed by atoms with van der Waals surface area (Å²) in [5.74, 6) is 2.71. The Hall–Kier alpha value is -3.67. The molecule has 0 spiro atoms. The number of nitrogens with zero attached hydrogens (tertiary/aromatic N) is 4. The number of carbonyl (C=O) groups is 1. The number of para-hydroxylation sites is 2. The van der Waals surface area contributed by atoms with Crippen LogP contribution in [0.1, 0.15) is 81.0 Å². The maximum Gasteiger partial charge on any atom is 0.335 e. The van der Waals surface area contributed by atoms with E-state index in [2.05, 4.69) is 80.6 Å². The minimum absolute atomic E-state index is 0.233. The van der Waals surface area contributed by atoms with E-state index in [1.54, 1.807) is 6.07 Å². The number of aromatic carboxylic acids is 1. The summed E-state index contributed by atoms with van der Waals surface area (Å²) in [6.45, 7) is 10.1. The molecule has 3 aliphatic rings. The first kappa shape index (κ1) is 27.5. The van der Waals surface area contributed by atoms with E-state index in [0.717, 1.165) is 54.6 Å². The Balaban J connectivity index is 1.29. The number of imidazole rings is 1. The largest absolute Gasteiger partial charge is 0.478 e. The minimum Gasteiger partial charge on any atom is -0.478 e. The van der Waals surface area contributed by atoms with Gasteiger partial charge in [-0.2, -0.15) is 0 Å². The normalized spacial score (nSPS) is 27.8. The molecule has 3 aromatic rings. The van der Waals surface area contributed by atoms with Gasteiger partial charge in [-0.3, -0.25) is 4.99 Å². The topological polar surface area (TPSA) is 70.7 Å². The van der Waals surface area contributed by atoms with E-state index in [-0.39, 0.29) is 12.0 Å². The lowest BCUT2D eigenvalue weighted by atomic mass is 9.75. The van der Waals surface area contributed by atoms with Crippen LogP contribution in [0.3, 0.4) is 0 Å². The summed E-state index contributed by atoms with van der Waals surface area (Å²) in [7, 11) is 2.13. The van der Waals surface area contributed by atoms with Gasteiger partial charge in [0.15, 0.2) is 0 Å².